The van der Waals surface area contributed by atoms with Crippen molar-refractivity contribution in [2.45, 2.75) is 19.4 Å². The van der Waals surface area contributed by atoms with Gasteiger partial charge in [-0.3, -0.25) is 4.98 Å². The number of nitrogens with zero attached hydrogens (tertiary/aromatic N) is 1. The van der Waals surface area contributed by atoms with Crippen LogP contribution in [0.4, 0.5) is 0 Å². The molecule has 0 amide bonds. The van der Waals surface area contributed by atoms with Crippen LogP contribution >= 0.6 is 11.3 Å². The van der Waals surface area contributed by atoms with E-state index in [1.165, 1.54) is 0 Å². The molecule has 3 heteroatoms. The largest absolute Gasteiger partial charge is 0.388 e. The van der Waals surface area contributed by atoms with E-state index in [-0.39, 0.29) is 0 Å². The second-order valence-corrected chi connectivity index (χ2v) is 4.29. The highest BCUT2D eigenvalue weighted by molar-refractivity contribution is 7.08. The molecule has 2 aromatic rings. The van der Waals surface area contributed by atoms with E-state index < -0.39 is 6.10 Å². The average molecular weight is 219 g/mol. The van der Waals surface area contributed by atoms with Gasteiger partial charge in [-0.05, 0) is 40.9 Å². The van der Waals surface area contributed by atoms with Crippen molar-refractivity contribution >= 4 is 11.3 Å². The first kappa shape index (κ1) is 10.3. The van der Waals surface area contributed by atoms with Crippen LogP contribution in [-0.4, -0.2) is 10.1 Å². The number of aromatic nitrogens is 1. The van der Waals surface area contributed by atoms with Crippen LogP contribution in [0.2, 0.25) is 0 Å². The van der Waals surface area contributed by atoms with Gasteiger partial charge in [-0.25, -0.2) is 0 Å². The summed E-state index contributed by atoms with van der Waals surface area (Å²) in [7, 11) is 0. The van der Waals surface area contributed by atoms with Crippen LogP contribution in [-0.2, 0) is 6.42 Å². The number of aliphatic hydroxyl groups excluding tert-OH is 1. The minimum Gasteiger partial charge on any atom is -0.388 e. The highest BCUT2D eigenvalue weighted by Gasteiger charge is 2.12. The summed E-state index contributed by atoms with van der Waals surface area (Å²) in [6.07, 6.45) is 1.90. The van der Waals surface area contributed by atoms with Crippen molar-refractivity contribution < 1.29 is 5.11 Å². The minimum atomic E-state index is -0.439. The Morgan fingerprint density at radius 2 is 2.27 bits per heavy atom. The monoisotopic (exact) mass is 219 g/mol. The van der Waals surface area contributed by atoms with Crippen molar-refractivity contribution in [3.8, 4) is 0 Å². The smallest absolute Gasteiger partial charge is 0.0856 e. The number of aliphatic hydroxyl groups is 1. The lowest BCUT2D eigenvalue weighted by molar-refractivity contribution is 0.177. The first-order valence-electron chi connectivity index (χ1n) is 4.88. The summed E-state index contributed by atoms with van der Waals surface area (Å²) in [6.45, 7) is 2.02. The molecule has 2 heterocycles. The van der Waals surface area contributed by atoms with Crippen LogP contribution in [0, 0.1) is 6.92 Å². The Kier molecular flexibility index (Phi) is 3.14. The fraction of sp³-hybridized carbons (Fsp3) is 0.250. The van der Waals surface area contributed by atoms with Crippen LogP contribution in [0.25, 0.3) is 0 Å². The summed E-state index contributed by atoms with van der Waals surface area (Å²) in [5, 5.41) is 14.1. The average Bonchev–Trinajstić information content (AvgIpc) is 2.66. The van der Waals surface area contributed by atoms with Gasteiger partial charge in [0.25, 0.3) is 0 Å². The molecule has 0 saturated carbocycles. The van der Waals surface area contributed by atoms with E-state index in [2.05, 4.69) is 10.4 Å². The first-order valence-corrected chi connectivity index (χ1v) is 5.82. The van der Waals surface area contributed by atoms with Crippen molar-refractivity contribution in [2.75, 3.05) is 0 Å². The zero-order chi connectivity index (χ0) is 10.7. The lowest BCUT2D eigenvalue weighted by atomic mass is 10.0. The molecule has 1 unspecified atom stereocenters. The summed E-state index contributed by atoms with van der Waals surface area (Å²) in [5.74, 6) is 0. The van der Waals surface area contributed by atoms with Gasteiger partial charge in [0.15, 0.2) is 0 Å². The van der Waals surface area contributed by atoms with Crippen LogP contribution in [0.1, 0.15) is 22.9 Å². The van der Waals surface area contributed by atoms with E-state index in [0.717, 1.165) is 16.8 Å². The molecule has 0 aliphatic rings. The predicted molar refractivity (Wildman–Crippen MR) is 62.0 cm³/mol. The van der Waals surface area contributed by atoms with Crippen molar-refractivity contribution in [3.63, 3.8) is 0 Å². The fourth-order valence-corrected chi connectivity index (χ4v) is 2.44. The molecule has 1 N–H and O–H groups in total. The van der Waals surface area contributed by atoms with Gasteiger partial charge in [-0.15, -0.1) is 0 Å². The maximum atomic E-state index is 10.0. The molecule has 0 spiro atoms. The normalized spacial score (nSPS) is 12.7. The molecule has 0 saturated heterocycles. The van der Waals surface area contributed by atoms with Gasteiger partial charge >= 0.3 is 0 Å². The molecule has 0 aromatic carbocycles. The van der Waals surface area contributed by atoms with Crippen molar-refractivity contribution in [2.24, 2.45) is 0 Å². The van der Waals surface area contributed by atoms with Crippen LogP contribution in [0.5, 0.6) is 0 Å². The molecular formula is C12H13NOS. The van der Waals surface area contributed by atoms with Crippen molar-refractivity contribution in [3.05, 3.63) is 52.0 Å². The quantitative estimate of drug-likeness (QED) is 0.861. The van der Waals surface area contributed by atoms with Crippen LogP contribution < -0.4 is 0 Å². The Bertz CT molecular complexity index is 424. The van der Waals surface area contributed by atoms with E-state index in [4.69, 9.17) is 0 Å². The number of aryl methyl sites for hydroxylation is 1. The third kappa shape index (κ3) is 2.43. The first-order chi connectivity index (χ1) is 7.27. The van der Waals surface area contributed by atoms with Crippen molar-refractivity contribution in [1.29, 1.82) is 0 Å². The van der Waals surface area contributed by atoms with Crippen molar-refractivity contribution in [1.82, 2.24) is 4.98 Å². The van der Waals surface area contributed by atoms with Gasteiger partial charge in [-0.2, -0.15) is 11.3 Å². The molecule has 2 aromatic heterocycles. The SMILES string of the molecule is Cc1cscc1C(O)Cc1ccccn1. The summed E-state index contributed by atoms with van der Waals surface area (Å²) in [5.41, 5.74) is 3.10. The molecule has 0 aliphatic heterocycles. The topological polar surface area (TPSA) is 33.1 Å². The number of hydrogen-bond donors (Lipinski definition) is 1. The van der Waals surface area contributed by atoms with E-state index in [9.17, 15) is 5.11 Å². The zero-order valence-electron chi connectivity index (χ0n) is 8.55. The second-order valence-electron chi connectivity index (χ2n) is 3.55. The molecular weight excluding hydrogens is 206 g/mol. The maximum absolute atomic E-state index is 10.0. The lowest BCUT2D eigenvalue weighted by Crippen LogP contribution is -2.03. The van der Waals surface area contributed by atoms with Gasteiger partial charge < -0.3 is 5.11 Å². The Labute approximate surface area is 93.2 Å². The molecule has 78 valence electrons. The number of hydrogen-bond acceptors (Lipinski definition) is 3. The molecule has 0 radical (unpaired) electrons. The lowest BCUT2D eigenvalue weighted by Gasteiger charge is -2.09. The molecule has 2 nitrogen and oxygen atoms in total. The van der Waals surface area contributed by atoms with E-state index in [0.29, 0.717) is 6.42 Å². The molecule has 15 heavy (non-hydrogen) atoms. The van der Waals surface area contributed by atoms with Gasteiger partial charge in [0.05, 0.1) is 6.10 Å². The van der Waals surface area contributed by atoms with Gasteiger partial charge in [0.1, 0.15) is 0 Å². The molecule has 0 bridgehead atoms. The van der Waals surface area contributed by atoms with E-state index >= 15 is 0 Å². The minimum absolute atomic E-state index is 0.439. The highest BCUT2D eigenvalue weighted by atomic mass is 32.1. The molecule has 1 atom stereocenters. The Hall–Kier alpha value is -1.19. The Balaban J connectivity index is 2.11. The molecule has 0 aliphatic carbocycles. The van der Waals surface area contributed by atoms with Gasteiger partial charge in [0, 0.05) is 18.3 Å². The third-order valence-corrected chi connectivity index (χ3v) is 3.26. The zero-order valence-corrected chi connectivity index (χ0v) is 9.37. The third-order valence-electron chi connectivity index (χ3n) is 2.38. The maximum Gasteiger partial charge on any atom is 0.0856 e. The standard InChI is InChI=1S/C12H13NOS/c1-9-7-15-8-11(9)12(14)6-10-4-2-3-5-13-10/h2-5,7-8,12,14H,6H2,1H3. The summed E-state index contributed by atoms with van der Waals surface area (Å²) >= 11 is 1.62. The van der Waals surface area contributed by atoms with E-state index in [1.54, 1.807) is 17.5 Å². The number of rotatable bonds is 3. The van der Waals surface area contributed by atoms with Crippen LogP contribution in [0.15, 0.2) is 35.2 Å². The van der Waals surface area contributed by atoms with Gasteiger partial charge in [-0.1, -0.05) is 6.07 Å². The Morgan fingerprint density at radius 3 is 2.87 bits per heavy atom. The summed E-state index contributed by atoms with van der Waals surface area (Å²) < 4.78 is 0. The fourth-order valence-electron chi connectivity index (χ4n) is 1.54. The molecule has 2 rings (SSSR count). The highest BCUT2D eigenvalue weighted by Crippen LogP contribution is 2.23. The summed E-state index contributed by atoms with van der Waals surface area (Å²) in [6, 6.07) is 5.76. The Morgan fingerprint density at radius 1 is 1.40 bits per heavy atom. The predicted octanol–water partition coefficient (Wildman–Crippen LogP) is 2.73. The second kappa shape index (κ2) is 4.55. The molecule has 0 fully saturated rings. The van der Waals surface area contributed by atoms with E-state index in [1.807, 2.05) is 30.5 Å². The number of pyridine rings is 1. The van der Waals surface area contributed by atoms with Crippen LogP contribution in [0.3, 0.4) is 0 Å². The van der Waals surface area contributed by atoms with Gasteiger partial charge in [0.2, 0.25) is 0 Å². The summed E-state index contributed by atoms with van der Waals surface area (Å²) in [4.78, 5) is 4.20. The number of thiophene rings is 1.